The molecule has 0 aromatic carbocycles. The first-order valence-corrected chi connectivity index (χ1v) is 28.7. The van der Waals surface area contributed by atoms with Gasteiger partial charge in [-0.15, -0.1) is 0 Å². The first-order valence-electron chi connectivity index (χ1n) is 28.7. The minimum atomic E-state index is -0.762. The van der Waals surface area contributed by atoms with Gasteiger partial charge in [0.15, 0.2) is 6.10 Å². The molecule has 0 aliphatic rings. The van der Waals surface area contributed by atoms with Crippen molar-refractivity contribution in [2.24, 2.45) is 11.8 Å². The molecule has 0 N–H and O–H groups in total. The smallest absolute Gasteiger partial charge is 0.306 e. The number of ether oxygens (including phenoxy) is 3. The minimum absolute atomic E-state index is 0.0626. The zero-order valence-electron chi connectivity index (χ0n) is 43.9. The molecule has 64 heavy (non-hydrogen) atoms. The van der Waals surface area contributed by atoms with Gasteiger partial charge < -0.3 is 14.2 Å². The zero-order valence-corrected chi connectivity index (χ0v) is 43.9. The van der Waals surface area contributed by atoms with Gasteiger partial charge in [0, 0.05) is 19.3 Å². The summed E-state index contributed by atoms with van der Waals surface area (Å²) in [5.41, 5.74) is 0. The van der Waals surface area contributed by atoms with E-state index >= 15 is 0 Å². The Balaban J connectivity index is 4.23. The van der Waals surface area contributed by atoms with Crippen molar-refractivity contribution in [2.45, 2.75) is 330 Å². The molecule has 0 aliphatic heterocycles. The molecule has 0 unspecified atom stereocenters. The molecule has 0 amide bonds. The number of rotatable bonds is 52. The molecule has 0 spiro atoms. The van der Waals surface area contributed by atoms with Crippen molar-refractivity contribution in [2.75, 3.05) is 13.2 Å². The summed E-state index contributed by atoms with van der Waals surface area (Å²) < 4.78 is 16.9. The molecule has 1 atom stereocenters. The molecular formula is C58H112O6. The highest BCUT2D eigenvalue weighted by Crippen LogP contribution is 2.18. The van der Waals surface area contributed by atoms with Crippen LogP contribution in [-0.2, 0) is 28.6 Å². The Bertz CT molecular complexity index is 978. The summed E-state index contributed by atoms with van der Waals surface area (Å²) in [6.45, 7) is 11.4. The molecule has 6 heteroatoms. The molecule has 0 aromatic heterocycles. The van der Waals surface area contributed by atoms with E-state index in [1.807, 2.05) is 0 Å². The minimum Gasteiger partial charge on any atom is -0.462 e. The molecule has 380 valence electrons. The summed E-state index contributed by atoms with van der Waals surface area (Å²) in [6.07, 6.45) is 53.8. The largest absolute Gasteiger partial charge is 0.462 e. The van der Waals surface area contributed by atoms with Gasteiger partial charge in [-0.25, -0.2) is 0 Å². The van der Waals surface area contributed by atoms with Crippen molar-refractivity contribution in [3.8, 4) is 0 Å². The maximum Gasteiger partial charge on any atom is 0.306 e. The van der Waals surface area contributed by atoms with Crippen LogP contribution in [0.4, 0.5) is 0 Å². The highest BCUT2D eigenvalue weighted by molar-refractivity contribution is 5.71. The average Bonchev–Trinajstić information content (AvgIpc) is 3.27. The van der Waals surface area contributed by atoms with Gasteiger partial charge in [-0.1, -0.05) is 285 Å². The van der Waals surface area contributed by atoms with E-state index in [0.717, 1.165) is 69.6 Å². The van der Waals surface area contributed by atoms with Crippen molar-refractivity contribution in [1.82, 2.24) is 0 Å². The fourth-order valence-electron chi connectivity index (χ4n) is 8.87. The van der Waals surface area contributed by atoms with E-state index in [-0.39, 0.29) is 31.1 Å². The molecule has 0 aromatic rings. The Labute approximate surface area is 399 Å². The third kappa shape index (κ3) is 51.4. The van der Waals surface area contributed by atoms with E-state index < -0.39 is 6.10 Å². The van der Waals surface area contributed by atoms with Gasteiger partial charge in [-0.3, -0.25) is 14.4 Å². The molecule has 0 saturated carbocycles. The summed E-state index contributed by atoms with van der Waals surface area (Å²) in [5, 5.41) is 0. The molecule has 0 fully saturated rings. The Morgan fingerprint density at radius 2 is 0.516 bits per heavy atom. The molecule has 0 heterocycles. The SMILES string of the molecule is CCCCCCCCCCCCCC(=O)O[C@H](COC(=O)CCCCCCCCCCCCCCCCCCC(C)C)COC(=O)CCCCCCCCCCCCCCCC(C)C. The molecule has 0 saturated heterocycles. The number of hydrogen-bond acceptors (Lipinski definition) is 6. The van der Waals surface area contributed by atoms with E-state index in [2.05, 4.69) is 34.6 Å². The lowest BCUT2D eigenvalue weighted by Crippen LogP contribution is -2.30. The van der Waals surface area contributed by atoms with Crippen LogP contribution >= 0.6 is 0 Å². The number of unbranched alkanes of at least 4 members (excludes halogenated alkanes) is 37. The van der Waals surface area contributed by atoms with E-state index in [0.29, 0.717) is 19.3 Å². The lowest BCUT2D eigenvalue weighted by Gasteiger charge is -2.18. The predicted octanol–water partition coefficient (Wildman–Crippen LogP) is 18.9. The van der Waals surface area contributed by atoms with Crippen LogP contribution in [0, 0.1) is 11.8 Å². The Morgan fingerprint density at radius 1 is 0.297 bits per heavy atom. The Hall–Kier alpha value is -1.59. The number of carbonyl (C=O) groups excluding carboxylic acids is 3. The summed E-state index contributed by atoms with van der Waals surface area (Å²) in [4.78, 5) is 38.1. The van der Waals surface area contributed by atoms with Crippen LogP contribution in [0.25, 0.3) is 0 Å². The van der Waals surface area contributed by atoms with Gasteiger partial charge >= 0.3 is 17.9 Å². The van der Waals surface area contributed by atoms with E-state index in [1.165, 1.54) is 212 Å². The molecule has 0 bridgehead atoms. The number of carbonyl (C=O) groups is 3. The zero-order chi connectivity index (χ0) is 46.8. The second-order valence-electron chi connectivity index (χ2n) is 20.9. The quantitative estimate of drug-likeness (QED) is 0.0344. The average molecular weight is 906 g/mol. The van der Waals surface area contributed by atoms with Gasteiger partial charge in [-0.2, -0.15) is 0 Å². The van der Waals surface area contributed by atoms with Gasteiger partial charge in [-0.05, 0) is 31.1 Å². The first kappa shape index (κ1) is 62.4. The summed E-state index contributed by atoms with van der Waals surface area (Å²) in [7, 11) is 0. The lowest BCUT2D eigenvalue weighted by molar-refractivity contribution is -0.167. The third-order valence-electron chi connectivity index (χ3n) is 13.2. The van der Waals surface area contributed by atoms with Crippen molar-refractivity contribution in [3.63, 3.8) is 0 Å². The van der Waals surface area contributed by atoms with Gasteiger partial charge in [0.1, 0.15) is 13.2 Å². The Morgan fingerprint density at radius 3 is 0.766 bits per heavy atom. The standard InChI is InChI=1S/C58H112O6/c1-6-7-8-9-10-11-21-30-35-40-45-50-58(61)64-55(52-63-57(60)49-44-39-34-29-25-20-16-18-23-27-32-37-42-47-54(4)5)51-62-56(59)48-43-38-33-28-24-19-15-13-12-14-17-22-26-31-36-41-46-53(2)3/h53-55H,6-52H2,1-5H3/t55-/m1/s1. The maximum atomic E-state index is 12.8. The van der Waals surface area contributed by atoms with Crippen molar-refractivity contribution >= 4 is 17.9 Å². The second kappa shape index (κ2) is 50.8. The fraction of sp³-hybridized carbons (Fsp3) is 0.948. The number of hydrogen-bond donors (Lipinski definition) is 0. The van der Waals surface area contributed by atoms with E-state index in [1.54, 1.807) is 0 Å². The van der Waals surface area contributed by atoms with E-state index in [4.69, 9.17) is 14.2 Å². The lowest BCUT2D eigenvalue weighted by atomic mass is 10.0. The van der Waals surface area contributed by atoms with Crippen LogP contribution < -0.4 is 0 Å². The topological polar surface area (TPSA) is 78.9 Å². The fourth-order valence-corrected chi connectivity index (χ4v) is 8.87. The summed E-state index contributed by atoms with van der Waals surface area (Å²) in [5.74, 6) is 0.852. The second-order valence-corrected chi connectivity index (χ2v) is 20.9. The third-order valence-corrected chi connectivity index (χ3v) is 13.2. The van der Waals surface area contributed by atoms with Crippen LogP contribution in [-0.4, -0.2) is 37.2 Å². The van der Waals surface area contributed by atoms with Crippen LogP contribution in [0.5, 0.6) is 0 Å². The van der Waals surface area contributed by atoms with Crippen LogP contribution in [0.15, 0.2) is 0 Å². The monoisotopic (exact) mass is 905 g/mol. The van der Waals surface area contributed by atoms with Crippen LogP contribution in [0.2, 0.25) is 0 Å². The first-order chi connectivity index (χ1) is 31.2. The normalized spacial score (nSPS) is 12.0. The van der Waals surface area contributed by atoms with Crippen molar-refractivity contribution < 1.29 is 28.6 Å². The Kier molecular flexibility index (Phi) is 49.6. The van der Waals surface area contributed by atoms with Crippen LogP contribution in [0.1, 0.15) is 324 Å². The predicted molar refractivity (Wildman–Crippen MR) is 275 cm³/mol. The molecular weight excluding hydrogens is 793 g/mol. The molecule has 0 aliphatic carbocycles. The highest BCUT2D eigenvalue weighted by Gasteiger charge is 2.19. The molecule has 0 rings (SSSR count). The molecule has 0 radical (unpaired) electrons. The maximum absolute atomic E-state index is 12.8. The van der Waals surface area contributed by atoms with Gasteiger partial charge in [0.2, 0.25) is 0 Å². The van der Waals surface area contributed by atoms with Crippen LogP contribution in [0.3, 0.4) is 0 Å². The highest BCUT2D eigenvalue weighted by atomic mass is 16.6. The van der Waals surface area contributed by atoms with Gasteiger partial charge in [0.25, 0.3) is 0 Å². The van der Waals surface area contributed by atoms with Crippen molar-refractivity contribution in [3.05, 3.63) is 0 Å². The van der Waals surface area contributed by atoms with E-state index in [9.17, 15) is 14.4 Å². The van der Waals surface area contributed by atoms with Crippen molar-refractivity contribution in [1.29, 1.82) is 0 Å². The summed E-state index contributed by atoms with van der Waals surface area (Å²) in [6, 6.07) is 0. The van der Waals surface area contributed by atoms with Gasteiger partial charge in [0.05, 0.1) is 0 Å². The number of esters is 3. The molecule has 6 nitrogen and oxygen atoms in total. The summed E-state index contributed by atoms with van der Waals surface area (Å²) >= 11 is 0.